The molecule has 0 spiro atoms. The summed E-state index contributed by atoms with van der Waals surface area (Å²) in [5.74, 6) is -2.35. The van der Waals surface area contributed by atoms with Crippen LogP contribution in [-0.2, 0) is 33.8 Å². The minimum absolute atomic E-state index is 0.0232. The van der Waals surface area contributed by atoms with Gasteiger partial charge in [-0.25, -0.2) is 18.0 Å². The van der Waals surface area contributed by atoms with Crippen LogP contribution in [0.5, 0.6) is 0 Å². The fraction of sp³-hybridized carbons (Fsp3) is 0.818. The molecule has 8 nitrogen and oxygen atoms in total. The number of esters is 2. The lowest BCUT2D eigenvalue weighted by atomic mass is 10.3. The fourth-order valence-corrected chi connectivity index (χ4v) is 2.20. The van der Waals surface area contributed by atoms with E-state index in [-0.39, 0.29) is 25.6 Å². The predicted octanol–water partition coefficient (Wildman–Crippen LogP) is -0.563. The smallest absolute Gasteiger partial charge is 0.335 e. The fourth-order valence-electron chi connectivity index (χ4n) is 1.20. The first kappa shape index (κ1) is 18.8. The minimum Gasteiger partial charge on any atom is -0.464 e. The molecule has 0 saturated carbocycles. The van der Waals surface area contributed by atoms with E-state index < -0.39 is 28.0 Å². The molecule has 0 radical (unpaired) electrons. The van der Waals surface area contributed by atoms with Crippen molar-refractivity contribution in [1.82, 2.24) is 4.72 Å². The summed E-state index contributed by atoms with van der Waals surface area (Å²) in [6, 6.07) is -1.69. The average Bonchev–Trinajstić information content (AvgIpc) is 2.36. The molecule has 0 aromatic heterocycles. The first-order valence-corrected chi connectivity index (χ1v) is 7.94. The van der Waals surface area contributed by atoms with E-state index in [1.165, 1.54) is 0 Å². The van der Waals surface area contributed by atoms with Crippen LogP contribution in [0.15, 0.2) is 0 Å². The van der Waals surface area contributed by atoms with Gasteiger partial charge in [-0.05, 0) is 20.8 Å². The highest BCUT2D eigenvalue weighted by molar-refractivity contribution is 7.89. The van der Waals surface area contributed by atoms with Crippen LogP contribution in [0.1, 0.15) is 20.8 Å². The molecule has 0 rings (SSSR count). The summed E-state index contributed by atoms with van der Waals surface area (Å²) in [5.41, 5.74) is 0. The van der Waals surface area contributed by atoms with Crippen LogP contribution in [0.25, 0.3) is 0 Å². The Labute approximate surface area is 118 Å². The summed E-state index contributed by atoms with van der Waals surface area (Å²) >= 11 is 0. The summed E-state index contributed by atoms with van der Waals surface area (Å²) in [6.45, 7) is 5.19. The van der Waals surface area contributed by atoms with E-state index in [4.69, 9.17) is 4.74 Å². The van der Waals surface area contributed by atoms with E-state index >= 15 is 0 Å². The van der Waals surface area contributed by atoms with E-state index in [0.29, 0.717) is 6.61 Å². The van der Waals surface area contributed by atoms with Crippen LogP contribution in [0.3, 0.4) is 0 Å². The molecule has 118 valence electrons. The van der Waals surface area contributed by atoms with Gasteiger partial charge in [-0.15, -0.1) is 0 Å². The van der Waals surface area contributed by atoms with Crippen molar-refractivity contribution in [3.05, 3.63) is 0 Å². The normalized spacial score (nSPS) is 11.4. The molecule has 20 heavy (non-hydrogen) atoms. The number of carbonyl (C=O) groups is 2. The Kier molecular flexibility index (Phi) is 9.10. The van der Waals surface area contributed by atoms with Gasteiger partial charge in [-0.3, -0.25) is 0 Å². The van der Waals surface area contributed by atoms with Gasteiger partial charge in [0.15, 0.2) is 0 Å². The van der Waals surface area contributed by atoms with Gasteiger partial charge in [0, 0.05) is 6.61 Å². The lowest BCUT2D eigenvalue weighted by Gasteiger charge is -2.15. The van der Waals surface area contributed by atoms with Crippen molar-refractivity contribution >= 4 is 22.0 Å². The first-order valence-electron chi connectivity index (χ1n) is 6.28. The second-order valence-corrected chi connectivity index (χ2v) is 5.44. The van der Waals surface area contributed by atoms with Gasteiger partial charge in [-0.2, -0.15) is 4.72 Å². The van der Waals surface area contributed by atoms with Crippen LogP contribution in [0, 0.1) is 0 Å². The topological polar surface area (TPSA) is 108 Å². The molecule has 0 heterocycles. The molecule has 0 bridgehead atoms. The Balaban J connectivity index is 4.78. The van der Waals surface area contributed by atoms with E-state index in [2.05, 4.69) is 9.47 Å². The maximum Gasteiger partial charge on any atom is 0.335 e. The third kappa shape index (κ3) is 7.41. The zero-order chi connectivity index (χ0) is 15.6. The zero-order valence-electron chi connectivity index (χ0n) is 11.9. The molecule has 1 N–H and O–H groups in total. The van der Waals surface area contributed by atoms with Crippen molar-refractivity contribution in [3.63, 3.8) is 0 Å². The molecule has 0 amide bonds. The third-order valence-corrected chi connectivity index (χ3v) is 3.34. The van der Waals surface area contributed by atoms with Crippen LogP contribution in [-0.4, -0.2) is 58.6 Å². The molecule has 0 aromatic rings. The number of sulfonamides is 1. The quantitative estimate of drug-likeness (QED) is 0.327. The molecule has 0 aliphatic rings. The van der Waals surface area contributed by atoms with Crippen LogP contribution in [0.2, 0.25) is 0 Å². The molecule has 0 unspecified atom stereocenters. The van der Waals surface area contributed by atoms with Crippen molar-refractivity contribution in [1.29, 1.82) is 0 Å². The summed E-state index contributed by atoms with van der Waals surface area (Å²) in [4.78, 5) is 23.2. The van der Waals surface area contributed by atoms with Crippen molar-refractivity contribution in [2.75, 3.05) is 32.2 Å². The lowest BCUT2D eigenvalue weighted by molar-refractivity contribution is -0.157. The molecule has 0 aliphatic heterocycles. The Morgan fingerprint density at radius 2 is 1.50 bits per heavy atom. The summed E-state index contributed by atoms with van der Waals surface area (Å²) in [7, 11) is -3.86. The molecule has 0 aromatic carbocycles. The molecule has 0 saturated heterocycles. The van der Waals surface area contributed by atoms with E-state index in [0.717, 1.165) is 0 Å². The van der Waals surface area contributed by atoms with Gasteiger partial charge in [0.1, 0.15) is 0 Å². The number of nitrogens with one attached hydrogen (secondary N) is 1. The third-order valence-electron chi connectivity index (χ3n) is 2.04. The molecular formula is C11H21NO7S. The second-order valence-electron chi connectivity index (χ2n) is 3.57. The standard InChI is InChI=1S/C11H21NO7S/c1-4-17-7-8-20(15,16)12-9(10(13)18-5-2)11(14)19-6-3/h9,12H,4-8H2,1-3H3. The number of hydrogen-bond acceptors (Lipinski definition) is 7. The van der Waals surface area contributed by atoms with E-state index in [1.807, 2.05) is 4.72 Å². The monoisotopic (exact) mass is 311 g/mol. The first-order chi connectivity index (χ1) is 9.37. The van der Waals surface area contributed by atoms with Gasteiger partial charge < -0.3 is 14.2 Å². The van der Waals surface area contributed by atoms with Gasteiger partial charge >= 0.3 is 11.9 Å². The largest absolute Gasteiger partial charge is 0.464 e. The Morgan fingerprint density at radius 3 is 1.90 bits per heavy atom. The van der Waals surface area contributed by atoms with Crippen molar-refractivity contribution in [2.24, 2.45) is 0 Å². The molecule has 0 atom stereocenters. The van der Waals surface area contributed by atoms with Crippen molar-refractivity contribution in [2.45, 2.75) is 26.8 Å². The maximum absolute atomic E-state index is 11.7. The highest BCUT2D eigenvalue weighted by Crippen LogP contribution is 1.98. The Morgan fingerprint density at radius 1 is 1.00 bits per heavy atom. The Bertz CT molecular complexity index is 389. The average molecular weight is 311 g/mol. The number of carbonyl (C=O) groups excluding carboxylic acids is 2. The van der Waals surface area contributed by atoms with Gasteiger partial charge in [0.25, 0.3) is 0 Å². The van der Waals surface area contributed by atoms with E-state index in [9.17, 15) is 18.0 Å². The predicted molar refractivity (Wildman–Crippen MR) is 70.5 cm³/mol. The maximum atomic E-state index is 11.7. The highest BCUT2D eigenvalue weighted by atomic mass is 32.2. The summed E-state index contributed by atoms with van der Waals surface area (Å²) in [5, 5.41) is 0. The van der Waals surface area contributed by atoms with Crippen LogP contribution < -0.4 is 4.72 Å². The van der Waals surface area contributed by atoms with Crippen LogP contribution in [0.4, 0.5) is 0 Å². The van der Waals surface area contributed by atoms with Crippen molar-refractivity contribution in [3.8, 4) is 0 Å². The van der Waals surface area contributed by atoms with E-state index in [1.54, 1.807) is 20.8 Å². The lowest BCUT2D eigenvalue weighted by Crippen LogP contribution is -2.49. The minimum atomic E-state index is -3.86. The number of ether oxygens (including phenoxy) is 3. The summed E-state index contributed by atoms with van der Waals surface area (Å²) in [6.07, 6.45) is 0. The van der Waals surface area contributed by atoms with Crippen molar-refractivity contribution < 1.29 is 32.2 Å². The Hall–Kier alpha value is -1.19. The highest BCUT2D eigenvalue weighted by Gasteiger charge is 2.33. The molecule has 0 fully saturated rings. The van der Waals surface area contributed by atoms with Gasteiger partial charge in [0.2, 0.25) is 16.1 Å². The molecule has 0 aliphatic carbocycles. The van der Waals surface area contributed by atoms with Gasteiger partial charge in [0.05, 0.1) is 25.6 Å². The number of rotatable bonds is 10. The SMILES string of the molecule is CCOCCS(=O)(=O)NC(C(=O)OCC)C(=O)OCC. The number of hydrogen-bond donors (Lipinski definition) is 1. The second kappa shape index (κ2) is 9.67. The molecular weight excluding hydrogens is 290 g/mol. The zero-order valence-corrected chi connectivity index (χ0v) is 12.7. The van der Waals surface area contributed by atoms with Gasteiger partial charge in [-0.1, -0.05) is 0 Å². The molecule has 9 heteroatoms. The van der Waals surface area contributed by atoms with Crippen LogP contribution >= 0.6 is 0 Å². The summed E-state index contributed by atoms with van der Waals surface area (Å²) < 4.78 is 39.6.